The van der Waals surface area contributed by atoms with E-state index in [4.69, 9.17) is 15.4 Å². The molecule has 0 saturated carbocycles. The topological polar surface area (TPSA) is 61.2 Å². The first-order valence-corrected chi connectivity index (χ1v) is 8.67. The SMILES string of the molecule is Cc1cc(COc2cc(C)c(S(=O)(=O)Cl)c(C)c2)n(C)n1. The van der Waals surface area contributed by atoms with Crippen LogP contribution in [0.4, 0.5) is 0 Å². The lowest BCUT2D eigenvalue weighted by molar-refractivity contribution is 0.294. The third kappa shape index (κ3) is 3.57. The van der Waals surface area contributed by atoms with Gasteiger partial charge in [-0.05, 0) is 50.1 Å². The fourth-order valence-corrected chi connectivity index (χ4v) is 3.95. The summed E-state index contributed by atoms with van der Waals surface area (Å²) in [4.78, 5) is 0.146. The Morgan fingerprint density at radius 2 is 1.76 bits per heavy atom. The molecule has 0 aliphatic heterocycles. The maximum absolute atomic E-state index is 11.5. The molecule has 2 rings (SSSR count). The highest BCUT2D eigenvalue weighted by molar-refractivity contribution is 8.13. The van der Waals surface area contributed by atoms with Gasteiger partial charge in [-0.2, -0.15) is 5.10 Å². The van der Waals surface area contributed by atoms with Crippen molar-refractivity contribution in [3.05, 3.63) is 40.7 Å². The Hall–Kier alpha value is -1.53. The Kier molecular flexibility index (Phi) is 4.30. The lowest BCUT2D eigenvalue weighted by atomic mass is 10.1. The summed E-state index contributed by atoms with van der Waals surface area (Å²) in [7, 11) is 3.54. The zero-order valence-corrected chi connectivity index (χ0v) is 13.9. The summed E-state index contributed by atoms with van der Waals surface area (Å²) in [6.07, 6.45) is 0. The molecule has 0 bridgehead atoms. The van der Waals surface area contributed by atoms with Gasteiger partial charge in [0.1, 0.15) is 12.4 Å². The van der Waals surface area contributed by atoms with Crippen LogP contribution in [0.5, 0.6) is 5.75 Å². The highest BCUT2D eigenvalue weighted by Gasteiger charge is 2.18. The number of ether oxygens (including phenoxy) is 1. The van der Waals surface area contributed by atoms with E-state index >= 15 is 0 Å². The predicted octanol–water partition coefficient (Wildman–Crippen LogP) is 2.85. The number of hydrogen-bond donors (Lipinski definition) is 0. The van der Waals surface area contributed by atoms with Gasteiger partial charge in [0.25, 0.3) is 9.05 Å². The summed E-state index contributed by atoms with van der Waals surface area (Å²) < 4.78 is 30.5. The van der Waals surface area contributed by atoms with E-state index in [0.29, 0.717) is 23.5 Å². The van der Waals surface area contributed by atoms with Gasteiger partial charge in [0.05, 0.1) is 16.3 Å². The fraction of sp³-hybridized carbons (Fsp3) is 0.357. The molecule has 1 aromatic carbocycles. The van der Waals surface area contributed by atoms with Crippen molar-refractivity contribution in [2.24, 2.45) is 7.05 Å². The second-order valence-corrected chi connectivity index (χ2v) is 7.52. The summed E-state index contributed by atoms with van der Waals surface area (Å²) in [6, 6.07) is 5.29. The average molecular weight is 329 g/mol. The number of nitrogens with zero attached hydrogens (tertiary/aromatic N) is 2. The Balaban J connectivity index is 2.25. The van der Waals surface area contributed by atoms with E-state index in [1.807, 2.05) is 20.0 Å². The van der Waals surface area contributed by atoms with Crippen molar-refractivity contribution < 1.29 is 13.2 Å². The number of halogens is 1. The Morgan fingerprint density at radius 1 is 1.19 bits per heavy atom. The molecule has 1 heterocycles. The van der Waals surface area contributed by atoms with Gasteiger partial charge in [-0.3, -0.25) is 4.68 Å². The first kappa shape index (κ1) is 15.9. The predicted molar refractivity (Wildman–Crippen MR) is 81.2 cm³/mol. The van der Waals surface area contributed by atoms with Crippen LogP contribution in [0.25, 0.3) is 0 Å². The van der Waals surface area contributed by atoms with Gasteiger partial charge in [0.2, 0.25) is 0 Å². The Morgan fingerprint density at radius 3 is 2.19 bits per heavy atom. The van der Waals surface area contributed by atoms with Crippen molar-refractivity contribution in [3.8, 4) is 5.75 Å². The van der Waals surface area contributed by atoms with Gasteiger partial charge >= 0.3 is 0 Å². The number of aromatic nitrogens is 2. The van der Waals surface area contributed by atoms with E-state index in [0.717, 1.165) is 11.4 Å². The molecular formula is C14H17ClN2O3S. The standard InChI is InChI=1S/C14H17ClN2O3S/c1-9-5-13(6-10(2)14(9)21(15,18)19)20-8-12-7-11(3)16-17(12)4/h5-7H,8H2,1-4H3. The maximum atomic E-state index is 11.5. The van der Waals surface area contributed by atoms with Crippen LogP contribution in [0.2, 0.25) is 0 Å². The molecule has 21 heavy (non-hydrogen) atoms. The zero-order chi connectivity index (χ0) is 15.8. The van der Waals surface area contributed by atoms with Crippen LogP contribution in [0.15, 0.2) is 23.1 Å². The van der Waals surface area contributed by atoms with Gasteiger partial charge in [0.15, 0.2) is 0 Å². The Bertz CT molecular complexity index is 759. The number of benzene rings is 1. The lowest BCUT2D eigenvalue weighted by Gasteiger charge is -2.11. The average Bonchev–Trinajstić information content (AvgIpc) is 2.62. The smallest absolute Gasteiger partial charge is 0.261 e. The third-order valence-corrected chi connectivity index (χ3v) is 4.76. The molecule has 0 saturated heterocycles. The highest BCUT2D eigenvalue weighted by atomic mass is 35.7. The van der Waals surface area contributed by atoms with Gasteiger partial charge < -0.3 is 4.74 Å². The first-order chi connectivity index (χ1) is 9.68. The van der Waals surface area contributed by atoms with Gasteiger partial charge in [0, 0.05) is 17.7 Å². The highest BCUT2D eigenvalue weighted by Crippen LogP contribution is 2.28. The molecular weight excluding hydrogens is 312 g/mol. The van der Waals surface area contributed by atoms with Crippen LogP contribution >= 0.6 is 10.7 Å². The van der Waals surface area contributed by atoms with Gasteiger partial charge in [-0.25, -0.2) is 8.42 Å². The molecule has 2 aromatic rings. The molecule has 1 aromatic heterocycles. The molecule has 0 radical (unpaired) electrons. The van der Waals surface area contributed by atoms with Crippen LogP contribution < -0.4 is 4.74 Å². The molecule has 5 nitrogen and oxygen atoms in total. The lowest BCUT2D eigenvalue weighted by Crippen LogP contribution is -2.04. The summed E-state index contributed by atoms with van der Waals surface area (Å²) in [5.74, 6) is 0.605. The van der Waals surface area contributed by atoms with Crippen molar-refractivity contribution in [2.75, 3.05) is 0 Å². The molecule has 114 valence electrons. The van der Waals surface area contributed by atoms with Crippen LogP contribution in [0.1, 0.15) is 22.5 Å². The van der Waals surface area contributed by atoms with E-state index < -0.39 is 9.05 Å². The monoisotopic (exact) mass is 328 g/mol. The fourth-order valence-electron chi connectivity index (χ4n) is 2.34. The minimum absolute atomic E-state index is 0.146. The third-order valence-electron chi connectivity index (χ3n) is 3.16. The molecule has 0 aliphatic rings. The number of rotatable bonds is 4. The van der Waals surface area contributed by atoms with Gasteiger partial charge in [-0.1, -0.05) is 0 Å². The van der Waals surface area contributed by atoms with Crippen molar-refractivity contribution >= 4 is 19.7 Å². The molecule has 0 spiro atoms. The summed E-state index contributed by atoms with van der Waals surface area (Å²) in [5.41, 5.74) is 3.01. The molecule has 0 unspecified atom stereocenters. The van der Waals surface area contributed by atoms with E-state index in [1.54, 1.807) is 30.7 Å². The number of aryl methyl sites for hydroxylation is 4. The minimum atomic E-state index is -3.75. The molecule has 0 N–H and O–H groups in total. The second kappa shape index (κ2) is 5.69. The maximum Gasteiger partial charge on any atom is 0.261 e. The van der Waals surface area contributed by atoms with Crippen molar-refractivity contribution in [1.29, 1.82) is 0 Å². The summed E-state index contributed by atoms with van der Waals surface area (Å²) >= 11 is 0. The molecule has 0 aliphatic carbocycles. The molecule has 0 amide bonds. The van der Waals surface area contributed by atoms with Crippen LogP contribution in [-0.4, -0.2) is 18.2 Å². The van der Waals surface area contributed by atoms with E-state index in [-0.39, 0.29) is 4.90 Å². The zero-order valence-electron chi connectivity index (χ0n) is 12.3. The molecule has 0 atom stereocenters. The minimum Gasteiger partial charge on any atom is -0.487 e. The largest absolute Gasteiger partial charge is 0.487 e. The normalized spacial score (nSPS) is 11.7. The summed E-state index contributed by atoms with van der Waals surface area (Å²) in [5, 5.41) is 4.24. The van der Waals surface area contributed by atoms with Crippen molar-refractivity contribution in [2.45, 2.75) is 32.3 Å². The molecule has 7 heteroatoms. The number of hydrogen-bond acceptors (Lipinski definition) is 4. The summed E-state index contributed by atoms with van der Waals surface area (Å²) in [6.45, 7) is 5.67. The molecule has 0 fully saturated rings. The van der Waals surface area contributed by atoms with Crippen LogP contribution in [-0.2, 0) is 22.7 Å². The van der Waals surface area contributed by atoms with Crippen molar-refractivity contribution in [1.82, 2.24) is 9.78 Å². The second-order valence-electron chi connectivity index (χ2n) is 5.01. The van der Waals surface area contributed by atoms with E-state index in [9.17, 15) is 8.42 Å². The van der Waals surface area contributed by atoms with E-state index in [1.165, 1.54) is 0 Å². The first-order valence-electron chi connectivity index (χ1n) is 6.36. The van der Waals surface area contributed by atoms with E-state index in [2.05, 4.69) is 5.10 Å². The van der Waals surface area contributed by atoms with Crippen LogP contribution in [0, 0.1) is 20.8 Å². The van der Waals surface area contributed by atoms with Gasteiger partial charge in [-0.15, -0.1) is 0 Å². The quantitative estimate of drug-likeness (QED) is 0.810. The van der Waals surface area contributed by atoms with Crippen LogP contribution in [0.3, 0.4) is 0 Å². The Labute approximate surface area is 128 Å². The van der Waals surface area contributed by atoms with Crippen molar-refractivity contribution in [3.63, 3.8) is 0 Å².